The fraction of sp³-hybridized carbons (Fsp3) is 0.625. The molecule has 0 spiro atoms. The van der Waals surface area contributed by atoms with Gasteiger partial charge < -0.3 is 28.6 Å². The van der Waals surface area contributed by atoms with E-state index >= 15 is 0 Å². The molecule has 0 radical (unpaired) electrons. The number of hydrogen-bond donors (Lipinski definition) is 0. The first-order valence-electron chi connectivity index (χ1n) is 10.9. The Balaban J connectivity index is 1.95. The molecule has 9 heteroatoms. The lowest BCUT2D eigenvalue weighted by molar-refractivity contribution is -0.169. The number of rotatable bonds is 8. The maximum atomic E-state index is 12.6. The minimum absolute atomic E-state index is 0.128. The molecule has 0 unspecified atom stereocenters. The van der Waals surface area contributed by atoms with Gasteiger partial charge in [-0.25, -0.2) is 14.4 Å². The molecule has 1 aromatic carbocycles. The molecule has 0 aromatic heterocycles. The smallest absolute Gasteiger partial charge is 0.410 e. The van der Waals surface area contributed by atoms with Crippen LogP contribution in [0.3, 0.4) is 0 Å². The SMILES string of the molecule is CC(C)(C)OC(=O)CO[C@H]1CN(C(=O)OCc2ccccc2)C[C@H]1OCC(=O)OC(C)(C)C. The Morgan fingerprint density at radius 1 is 0.818 bits per heavy atom. The first-order chi connectivity index (χ1) is 15.3. The maximum Gasteiger partial charge on any atom is 0.410 e. The lowest BCUT2D eigenvalue weighted by Gasteiger charge is -2.23. The second-order valence-electron chi connectivity index (χ2n) is 9.82. The number of likely N-dealkylation sites (tertiary alicyclic amines) is 1. The predicted octanol–water partition coefficient (Wildman–Crippen LogP) is 3.09. The number of hydrogen-bond acceptors (Lipinski definition) is 8. The van der Waals surface area contributed by atoms with Gasteiger partial charge in [0.25, 0.3) is 0 Å². The molecule has 0 aliphatic carbocycles. The van der Waals surface area contributed by atoms with E-state index in [2.05, 4.69) is 0 Å². The Morgan fingerprint density at radius 3 is 1.70 bits per heavy atom. The molecule has 0 N–H and O–H groups in total. The summed E-state index contributed by atoms with van der Waals surface area (Å²) in [5.74, 6) is -1.06. The highest BCUT2D eigenvalue weighted by atomic mass is 16.6. The summed E-state index contributed by atoms with van der Waals surface area (Å²) in [4.78, 5) is 38.1. The minimum Gasteiger partial charge on any atom is -0.458 e. The van der Waals surface area contributed by atoms with E-state index in [0.29, 0.717) is 0 Å². The van der Waals surface area contributed by atoms with Crippen molar-refractivity contribution in [2.24, 2.45) is 0 Å². The molecule has 1 aliphatic rings. The molecular formula is C24H35NO8. The third-order valence-electron chi connectivity index (χ3n) is 4.35. The van der Waals surface area contributed by atoms with E-state index in [1.165, 1.54) is 4.90 Å². The number of esters is 2. The van der Waals surface area contributed by atoms with Crippen LogP contribution in [0.4, 0.5) is 4.79 Å². The zero-order chi connectivity index (χ0) is 24.6. The van der Waals surface area contributed by atoms with Crippen LogP contribution in [0.15, 0.2) is 30.3 Å². The zero-order valence-electron chi connectivity index (χ0n) is 20.3. The topological polar surface area (TPSA) is 101 Å². The summed E-state index contributed by atoms with van der Waals surface area (Å²) in [5.41, 5.74) is -0.424. The summed E-state index contributed by atoms with van der Waals surface area (Å²) in [6.45, 7) is 10.4. The molecule has 0 bridgehead atoms. The highest BCUT2D eigenvalue weighted by Crippen LogP contribution is 2.20. The lowest BCUT2D eigenvalue weighted by atomic mass is 10.2. The highest BCUT2D eigenvalue weighted by molar-refractivity contribution is 5.72. The van der Waals surface area contributed by atoms with Crippen molar-refractivity contribution >= 4 is 18.0 Å². The van der Waals surface area contributed by atoms with Gasteiger partial charge in [0.15, 0.2) is 0 Å². The second-order valence-corrected chi connectivity index (χ2v) is 9.82. The van der Waals surface area contributed by atoms with Crippen molar-refractivity contribution in [3.63, 3.8) is 0 Å². The minimum atomic E-state index is -0.643. The number of carbonyl (C=O) groups excluding carboxylic acids is 3. The van der Waals surface area contributed by atoms with Crippen molar-refractivity contribution in [2.45, 2.75) is 71.6 Å². The van der Waals surface area contributed by atoms with Gasteiger partial charge in [0.2, 0.25) is 0 Å². The molecule has 1 aliphatic heterocycles. The highest BCUT2D eigenvalue weighted by Gasteiger charge is 2.39. The van der Waals surface area contributed by atoms with E-state index in [1.54, 1.807) is 41.5 Å². The summed E-state index contributed by atoms with van der Waals surface area (Å²) in [5, 5.41) is 0. The van der Waals surface area contributed by atoms with Gasteiger partial charge in [-0.15, -0.1) is 0 Å². The third kappa shape index (κ3) is 10.2. The molecule has 1 aromatic rings. The maximum absolute atomic E-state index is 12.6. The normalized spacial score (nSPS) is 18.7. The second kappa shape index (κ2) is 11.5. The summed E-state index contributed by atoms with van der Waals surface area (Å²) < 4.78 is 27.3. The van der Waals surface area contributed by atoms with Crippen molar-refractivity contribution in [3.8, 4) is 0 Å². The molecule has 0 saturated carbocycles. The van der Waals surface area contributed by atoms with E-state index in [1.807, 2.05) is 30.3 Å². The van der Waals surface area contributed by atoms with Crippen LogP contribution in [-0.4, -0.2) is 72.6 Å². The van der Waals surface area contributed by atoms with Gasteiger partial charge in [0.05, 0.1) is 13.1 Å². The Hall–Kier alpha value is -2.65. The fourth-order valence-corrected chi connectivity index (χ4v) is 3.12. The van der Waals surface area contributed by atoms with Gasteiger partial charge in [-0.3, -0.25) is 0 Å². The molecule has 33 heavy (non-hydrogen) atoms. The van der Waals surface area contributed by atoms with E-state index in [0.717, 1.165) is 5.56 Å². The summed E-state index contributed by atoms with van der Waals surface area (Å²) in [6, 6.07) is 9.32. The number of nitrogens with zero attached hydrogens (tertiary/aromatic N) is 1. The van der Waals surface area contributed by atoms with Gasteiger partial charge >= 0.3 is 18.0 Å². The van der Waals surface area contributed by atoms with Gasteiger partial charge in [-0.2, -0.15) is 0 Å². The average Bonchev–Trinajstić information content (AvgIpc) is 3.10. The zero-order valence-corrected chi connectivity index (χ0v) is 20.3. The monoisotopic (exact) mass is 465 g/mol. The van der Waals surface area contributed by atoms with Crippen LogP contribution in [0.5, 0.6) is 0 Å². The van der Waals surface area contributed by atoms with Crippen molar-refractivity contribution in [1.82, 2.24) is 4.90 Å². The summed E-state index contributed by atoms with van der Waals surface area (Å²) in [7, 11) is 0. The van der Waals surface area contributed by atoms with Gasteiger partial charge in [0.1, 0.15) is 43.2 Å². The van der Waals surface area contributed by atoms with Gasteiger partial charge in [-0.05, 0) is 47.1 Å². The number of carbonyl (C=O) groups is 3. The van der Waals surface area contributed by atoms with Gasteiger partial charge in [0, 0.05) is 0 Å². The molecule has 1 fully saturated rings. The van der Waals surface area contributed by atoms with E-state index in [4.69, 9.17) is 23.7 Å². The first kappa shape index (κ1) is 26.6. The Kier molecular flexibility index (Phi) is 9.25. The van der Waals surface area contributed by atoms with Crippen LogP contribution < -0.4 is 0 Å². The van der Waals surface area contributed by atoms with E-state index in [-0.39, 0.29) is 32.9 Å². The number of benzene rings is 1. The van der Waals surface area contributed by atoms with Crippen molar-refractivity contribution < 1.29 is 38.1 Å². The standard InChI is InChI=1S/C24H35NO8/c1-23(2,3)32-20(26)15-29-18-12-25(22(28)31-14-17-10-8-7-9-11-17)13-19(18)30-16-21(27)33-24(4,5)6/h7-11,18-19H,12-16H2,1-6H3/t18-,19+. The van der Waals surface area contributed by atoms with Crippen LogP contribution in [0.1, 0.15) is 47.1 Å². The van der Waals surface area contributed by atoms with Crippen LogP contribution in [0.25, 0.3) is 0 Å². The lowest BCUT2D eigenvalue weighted by Crippen LogP contribution is -2.36. The Labute approximate surface area is 195 Å². The third-order valence-corrected chi connectivity index (χ3v) is 4.35. The van der Waals surface area contributed by atoms with Crippen LogP contribution in [0.2, 0.25) is 0 Å². The molecule has 1 saturated heterocycles. The van der Waals surface area contributed by atoms with Crippen LogP contribution >= 0.6 is 0 Å². The van der Waals surface area contributed by atoms with E-state index < -0.39 is 41.4 Å². The molecule has 184 valence electrons. The fourth-order valence-electron chi connectivity index (χ4n) is 3.12. The Morgan fingerprint density at radius 2 is 1.27 bits per heavy atom. The van der Waals surface area contributed by atoms with Gasteiger partial charge in [-0.1, -0.05) is 30.3 Å². The molecule has 1 amide bonds. The van der Waals surface area contributed by atoms with E-state index in [9.17, 15) is 14.4 Å². The van der Waals surface area contributed by atoms with Crippen LogP contribution in [0, 0.1) is 0 Å². The predicted molar refractivity (Wildman–Crippen MR) is 119 cm³/mol. The first-order valence-corrected chi connectivity index (χ1v) is 10.9. The summed E-state index contributed by atoms with van der Waals surface area (Å²) >= 11 is 0. The molecular weight excluding hydrogens is 430 g/mol. The largest absolute Gasteiger partial charge is 0.458 e. The quantitative estimate of drug-likeness (QED) is 0.427. The average molecular weight is 466 g/mol. The Bertz CT molecular complexity index is 757. The number of ether oxygens (including phenoxy) is 5. The van der Waals surface area contributed by atoms with Crippen molar-refractivity contribution in [1.29, 1.82) is 0 Å². The molecule has 2 atom stereocenters. The molecule has 9 nitrogen and oxygen atoms in total. The molecule has 1 heterocycles. The number of amides is 1. The van der Waals surface area contributed by atoms with Crippen molar-refractivity contribution in [3.05, 3.63) is 35.9 Å². The molecule has 2 rings (SSSR count). The van der Waals surface area contributed by atoms with Crippen LogP contribution in [-0.2, 0) is 39.9 Å². The summed E-state index contributed by atoms with van der Waals surface area (Å²) in [6.07, 6.45) is -1.80. The van der Waals surface area contributed by atoms with Crippen molar-refractivity contribution in [2.75, 3.05) is 26.3 Å².